The second-order valence-corrected chi connectivity index (χ2v) is 5.40. The molecular formula is C15H22NO2. The molecule has 0 atom stereocenters. The molecule has 1 aromatic carbocycles. The van der Waals surface area contributed by atoms with E-state index in [0.717, 1.165) is 12.0 Å². The summed E-state index contributed by atoms with van der Waals surface area (Å²) in [5.41, 5.74) is 1.82. The molecule has 0 saturated carbocycles. The third kappa shape index (κ3) is 4.78. The van der Waals surface area contributed by atoms with Crippen molar-refractivity contribution in [1.82, 2.24) is 4.90 Å². The predicted octanol–water partition coefficient (Wildman–Crippen LogP) is 3.43. The molecule has 0 aliphatic carbocycles. The molecule has 0 unspecified atom stereocenters. The van der Waals surface area contributed by atoms with E-state index in [9.17, 15) is 4.79 Å². The first kappa shape index (κ1) is 14.6. The topological polar surface area (TPSA) is 29.5 Å². The van der Waals surface area contributed by atoms with Crippen molar-refractivity contribution in [2.24, 2.45) is 0 Å². The zero-order chi connectivity index (χ0) is 13.8. The Kier molecular flexibility index (Phi) is 4.76. The summed E-state index contributed by atoms with van der Waals surface area (Å²) < 4.78 is 5.29. The highest BCUT2D eigenvalue weighted by Crippen LogP contribution is 2.12. The van der Waals surface area contributed by atoms with Gasteiger partial charge in [0.05, 0.1) is 0 Å². The van der Waals surface area contributed by atoms with Crippen LogP contribution in [-0.4, -0.2) is 23.6 Å². The molecule has 3 nitrogen and oxygen atoms in total. The molecular weight excluding hydrogens is 226 g/mol. The predicted molar refractivity (Wildman–Crippen MR) is 73.2 cm³/mol. The molecule has 1 rings (SSSR count). The Bertz CT molecular complexity index is 390. The molecule has 0 bridgehead atoms. The number of hydrogen-bond acceptors (Lipinski definition) is 2. The number of nitrogens with zero attached hydrogens (tertiary/aromatic N) is 1. The van der Waals surface area contributed by atoms with Gasteiger partial charge in [-0.15, -0.1) is 0 Å². The van der Waals surface area contributed by atoms with Crippen molar-refractivity contribution >= 4 is 6.09 Å². The van der Waals surface area contributed by atoms with Crippen molar-refractivity contribution in [3.05, 3.63) is 42.3 Å². The van der Waals surface area contributed by atoms with E-state index < -0.39 is 5.60 Å². The van der Waals surface area contributed by atoms with Crippen LogP contribution in [0.3, 0.4) is 0 Å². The van der Waals surface area contributed by atoms with Gasteiger partial charge in [0.15, 0.2) is 0 Å². The highest BCUT2D eigenvalue weighted by atomic mass is 16.6. The molecule has 0 saturated heterocycles. The number of carbonyl (C=O) groups excluding carboxylic acids is 1. The van der Waals surface area contributed by atoms with Crippen molar-refractivity contribution in [1.29, 1.82) is 0 Å². The summed E-state index contributed by atoms with van der Waals surface area (Å²) in [5.74, 6) is 0. The SMILES string of the molecule is [CH2]Cc1ccc(CN(C)C(=O)OC(C)(C)C)cc1. The minimum absolute atomic E-state index is 0.302. The molecule has 0 N–H and O–H groups in total. The van der Waals surface area contributed by atoms with E-state index in [-0.39, 0.29) is 6.09 Å². The first-order valence-corrected chi connectivity index (χ1v) is 6.13. The summed E-state index contributed by atoms with van der Waals surface area (Å²) in [5, 5.41) is 0. The fraction of sp³-hybridized carbons (Fsp3) is 0.467. The van der Waals surface area contributed by atoms with Crippen LogP contribution in [0.2, 0.25) is 0 Å². The van der Waals surface area contributed by atoms with Crippen molar-refractivity contribution in [3.63, 3.8) is 0 Å². The quantitative estimate of drug-likeness (QED) is 0.820. The van der Waals surface area contributed by atoms with Gasteiger partial charge in [0.2, 0.25) is 0 Å². The Labute approximate surface area is 110 Å². The lowest BCUT2D eigenvalue weighted by Crippen LogP contribution is -2.33. The van der Waals surface area contributed by atoms with Crippen LogP contribution in [0, 0.1) is 6.92 Å². The number of rotatable bonds is 3. The average Bonchev–Trinajstić information content (AvgIpc) is 2.27. The number of benzene rings is 1. The van der Waals surface area contributed by atoms with Gasteiger partial charge >= 0.3 is 6.09 Å². The molecule has 0 aliphatic heterocycles. The van der Waals surface area contributed by atoms with Gasteiger partial charge in [-0.25, -0.2) is 4.79 Å². The number of hydrogen-bond donors (Lipinski definition) is 0. The van der Waals surface area contributed by atoms with E-state index >= 15 is 0 Å². The standard InChI is InChI=1S/C15H22NO2/c1-6-12-7-9-13(10-8-12)11-16(5)14(17)18-15(2,3)4/h7-10H,1,6,11H2,2-5H3. The van der Waals surface area contributed by atoms with E-state index in [2.05, 4.69) is 6.92 Å². The monoisotopic (exact) mass is 248 g/mol. The van der Waals surface area contributed by atoms with Crippen LogP contribution in [0.4, 0.5) is 4.79 Å². The third-order valence-electron chi connectivity index (χ3n) is 2.44. The smallest absolute Gasteiger partial charge is 0.410 e. The van der Waals surface area contributed by atoms with E-state index in [1.165, 1.54) is 5.56 Å². The summed E-state index contributed by atoms with van der Waals surface area (Å²) in [6, 6.07) is 8.10. The molecule has 0 aromatic heterocycles. The van der Waals surface area contributed by atoms with Crippen molar-refractivity contribution < 1.29 is 9.53 Å². The second kappa shape index (κ2) is 5.89. The van der Waals surface area contributed by atoms with Gasteiger partial charge in [-0.2, -0.15) is 0 Å². The van der Waals surface area contributed by atoms with Crippen molar-refractivity contribution in [2.45, 2.75) is 39.3 Å². The van der Waals surface area contributed by atoms with Gasteiger partial charge in [-0.3, -0.25) is 0 Å². The van der Waals surface area contributed by atoms with Gasteiger partial charge in [0, 0.05) is 13.6 Å². The van der Waals surface area contributed by atoms with E-state index in [1.807, 2.05) is 45.0 Å². The van der Waals surface area contributed by atoms with Gasteiger partial charge in [-0.05, 0) is 45.2 Å². The Balaban J connectivity index is 2.58. The zero-order valence-corrected chi connectivity index (χ0v) is 11.7. The molecule has 1 aromatic rings. The first-order valence-electron chi connectivity index (χ1n) is 6.13. The summed E-state index contributed by atoms with van der Waals surface area (Å²) in [4.78, 5) is 13.4. The van der Waals surface area contributed by atoms with Crippen LogP contribution in [0.15, 0.2) is 24.3 Å². The normalized spacial score (nSPS) is 11.2. The molecule has 3 heteroatoms. The highest BCUT2D eigenvalue weighted by Gasteiger charge is 2.19. The second-order valence-electron chi connectivity index (χ2n) is 5.40. The molecule has 99 valence electrons. The molecule has 0 spiro atoms. The van der Waals surface area contributed by atoms with Crippen LogP contribution >= 0.6 is 0 Å². The molecule has 0 fully saturated rings. The highest BCUT2D eigenvalue weighted by molar-refractivity contribution is 5.67. The van der Waals surface area contributed by atoms with E-state index in [4.69, 9.17) is 4.74 Å². The van der Waals surface area contributed by atoms with Crippen molar-refractivity contribution in [2.75, 3.05) is 7.05 Å². The third-order valence-corrected chi connectivity index (χ3v) is 2.44. The van der Waals surface area contributed by atoms with Gasteiger partial charge in [0.25, 0.3) is 0 Å². The van der Waals surface area contributed by atoms with Crippen LogP contribution in [-0.2, 0) is 17.7 Å². The van der Waals surface area contributed by atoms with Gasteiger partial charge < -0.3 is 9.64 Å². The fourth-order valence-corrected chi connectivity index (χ4v) is 1.49. The maximum Gasteiger partial charge on any atom is 0.410 e. The van der Waals surface area contributed by atoms with Gasteiger partial charge in [-0.1, -0.05) is 24.3 Å². The Hall–Kier alpha value is -1.51. The number of ether oxygens (including phenoxy) is 1. The maximum absolute atomic E-state index is 11.8. The summed E-state index contributed by atoms with van der Waals surface area (Å²) in [6.07, 6.45) is 0.478. The van der Waals surface area contributed by atoms with Crippen molar-refractivity contribution in [3.8, 4) is 0 Å². The summed E-state index contributed by atoms with van der Waals surface area (Å²) >= 11 is 0. The Morgan fingerprint density at radius 2 is 1.72 bits per heavy atom. The molecule has 0 aliphatic rings. The fourth-order valence-electron chi connectivity index (χ4n) is 1.49. The minimum atomic E-state index is -0.455. The average molecular weight is 248 g/mol. The van der Waals surface area contributed by atoms with Crippen LogP contribution in [0.25, 0.3) is 0 Å². The van der Waals surface area contributed by atoms with Gasteiger partial charge in [0.1, 0.15) is 5.60 Å². The molecule has 1 radical (unpaired) electrons. The molecule has 0 heterocycles. The van der Waals surface area contributed by atoms with Crippen LogP contribution < -0.4 is 0 Å². The summed E-state index contributed by atoms with van der Waals surface area (Å²) in [6.45, 7) is 9.97. The summed E-state index contributed by atoms with van der Waals surface area (Å²) in [7, 11) is 1.74. The Morgan fingerprint density at radius 1 is 1.22 bits per heavy atom. The van der Waals surface area contributed by atoms with Crippen LogP contribution in [0.5, 0.6) is 0 Å². The lowest BCUT2D eigenvalue weighted by Gasteiger charge is -2.24. The first-order chi connectivity index (χ1) is 8.31. The van der Waals surface area contributed by atoms with E-state index in [1.54, 1.807) is 11.9 Å². The maximum atomic E-state index is 11.8. The lowest BCUT2D eigenvalue weighted by atomic mass is 10.1. The Morgan fingerprint density at radius 3 is 2.17 bits per heavy atom. The number of carbonyl (C=O) groups is 1. The van der Waals surface area contributed by atoms with E-state index in [0.29, 0.717) is 6.54 Å². The molecule has 1 amide bonds. The molecule has 18 heavy (non-hydrogen) atoms. The largest absolute Gasteiger partial charge is 0.444 e. The lowest BCUT2D eigenvalue weighted by molar-refractivity contribution is 0.0285. The minimum Gasteiger partial charge on any atom is -0.444 e. The number of amides is 1. The zero-order valence-electron chi connectivity index (χ0n) is 11.7. The van der Waals surface area contributed by atoms with Crippen LogP contribution in [0.1, 0.15) is 31.9 Å².